The Hall–Kier alpha value is -3.40. The molecule has 1 aromatic heterocycles. The Bertz CT molecular complexity index is 1090. The highest BCUT2D eigenvalue weighted by molar-refractivity contribution is 7.99. The zero-order chi connectivity index (χ0) is 22.9. The molecule has 0 saturated carbocycles. The number of rotatable bonds is 10. The Labute approximate surface area is 189 Å². The molecule has 0 aliphatic rings. The molecule has 1 heterocycles. The van der Waals surface area contributed by atoms with Gasteiger partial charge in [0.25, 0.3) is 5.91 Å². The first-order chi connectivity index (χ1) is 15.5. The number of para-hydroxylation sites is 2. The van der Waals surface area contributed by atoms with Crippen LogP contribution in [0.5, 0.6) is 5.75 Å². The zero-order valence-corrected chi connectivity index (χ0v) is 18.6. The number of thioether (sulfide) groups is 1. The molecular formula is C22H24FN5O3S. The van der Waals surface area contributed by atoms with Gasteiger partial charge in [0.15, 0.2) is 5.16 Å². The predicted octanol–water partition coefficient (Wildman–Crippen LogP) is 3.15. The van der Waals surface area contributed by atoms with Crippen molar-refractivity contribution in [1.29, 1.82) is 0 Å². The molecule has 2 amide bonds. The summed E-state index contributed by atoms with van der Waals surface area (Å²) in [7, 11) is 1.55. The van der Waals surface area contributed by atoms with Gasteiger partial charge in [-0.3, -0.25) is 9.59 Å². The van der Waals surface area contributed by atoms with Crippen LogP contribution in [0.25, 0.3) is 0 Å². The second kappa shape index (κ2) is 11.3. The van der Waals surface area contributed by atoms with Gasteiger partial charge < -0.3 is 19.9 Å². The molecule has 0 aliphatic heterocycles. The zero-order valence-electron chi connectivity index (χ0n) is 17.8. The summed E-state index contributed by atoms with van der Waals surface area (Å²) in [5.41, 5.74) is 0.602. The third kappa shape index (κ3) is 5.85. The molecule has 10 heteroatoms. The summed E-state index contributed by atoms with van der Waals surface area (Å²) in [5.74, 6) is 0.181. The molecular weight excluding hydrogens is 433 g/mol. The highest BCUT2D eigenvalue weighted by Crippen LogP contribution is 2.24. The highest BCUT2D eigenvalue weighted by atomic mass is 32.2. The molecule has 0 atom stereocenters. The molecule has 0 bridgehead atoms. The number of nitrogens with one attached hydrogen (secondary N) is 2. The third-order valence-corrected chi connectivity index (χ3v) is 5.54. The second-order valence-corrected chi connectivity index (χ2v) is 7.61. The number of hydrogen-bond donors (Lipinski definition) is 2. The van der Waals surface area contributed by atoms with Crippen molar-refractivity contribution in [3.8, 4) is 5.75 Å². The van der Waals surface area contributed by atoms with Crippen molar-refractivity contribution < 1.29 is 18.7 Å². The van der Waals surface area contributed by atoms with E-state index < -0.39 is 11.7 Å². The van der Waals surface area contributed by atoms with Gasteiger partial charge in [-0.15, -0.1) is 10.2 Å². The maximum absolute atomic E-state index is 13.7. The molecule has 2 N–H and O–H groups in total. The fraction of sp³-hybridized carbons (Fsp3) is 0.273. The van der Waals surface area contributed by atoms with Gasteiger partial charge in [-0.2, -0.15) is 0 Å². The van der Waals surface area contributed by atoms with Gasteiger partial charge >= 0.3 is 0 Å². The predicted molar refractivity (Wildman–Crippen MR) is 120 cm³/mol. The number of carbonyl (C=O) groups is 2. The monoisotopic (exact) mass is 457 g/mol. The van der Waals surface area contributed by atoms with Gasteiger partial charge in [0, 0.05) is 19.5 Å². The standard InChI is InChI=1S/C22H24FN5O3S/c1-3-28-19(12-13-24-21(30)15-8-4-5-9-16(15)23)26-27-22(28)32-14-20(29)25-17-10-6-7-11-18(17)31-2/h4-11H,3,12-14H2,1-2H3,(H,24,30)(H,25,29). The van der Waals surface area contributed by atoms with Crippen molar-refractivity contribution in [3.05, 3.63) is 65.7 Å². The first kappa shape index (κ1) is 23.3. The number of aromatic nitrogens is 3. The Morgan fingerprint density at radius 3 is 2.62 bits per heavy atom. The minimum absolute atomic E-state index is 0.00163. The fourth-order valence-electron chi connectivity index (χ4n) is 3.02. The molecule has 0 unspecified atom stereocenters. The van der Waals surface area contributed by atoms with Crippen LogP contribution >= 0.6 is 11.8 Å². The number of carbonyl (C=O) groups excluding carboxylic acids is 2. The summed E-state index contributed by atoms with van der Waals surface area (Å²) >= 11 is 1.27. The van der Waals surface area contributed by atoms with Crippen LogP contribution in [0, 0.1) is 5.82 Å². The fourth-order valence-corrected chi connectivity index (χ4v) is 3.84. The largest absolute Gasteiger partial charge is 0.495 e. The van der Waals surface area contributed by atoms with Gasteiger partial charge in [-0.05, 0) is 31.2 Å². The number of methoxy groups -OCH3 is 1. The Morgan fingerprint density at radius 2 is 1.88 bits per heavy atom. The lowest BCUT2D eigenvalue weighted by atomic mass is 10.2. The van der Waals surface area contributed by atoms with E-state index in [1.807, 2.05) is 23.6 Å². The second-order valence-electron chi connectivity index (χ2n) is 6.67. The topological polar surface area (TPSA) is 98.1 Å². The molecule has 2 aromatic carbocycles. The Morgan fingerprint density at radius 1 is 1.12 bits per heavy atom. The molecule has 0 aliphatic carbocycles. The van der Waals surface area contributed by atoms with Crippen molar-refractivity contribution in [2.45, 2.75) is 25.0 Å². The van der Waals surface area contributed by atoms with Crippen LogP contribution in [0.4, 0.5) is 10.1 Å². The lowest BCUT2D eigenvalue weighted by molar-refractivity contribution is -0.113. The molecule has 8 nitrogen and oxygen atoms in total. The summed E-state index contributed by atoms with van der Waals surface area (Å²) in [6.07, 6.45) is 0.426. The van der Waals surface area contributed by atoms with Gasteiger partial charge in [-0.1, -0.05) is 36.0 Å². The van der Waals surface area contributed by atoms with E-state index in [9.17, 15) is 14.0 Å². The van der Waals surface area contributed by atoms with Crippen LogP contribution in [0.2, 0.25) is 0 Å². The van der Waals surface area contributed by atoms with E-state index in [-0.39, 0.29) is 23.8 Å². The average Bonchev–Trinajstić information content (AvgIpc) is 3.20. The minimum atomic E-state index is -0.563. The van der Waals surface area contributed by atoms with E-state index >= 15 is 0 Å². The minimum Gasteiger partial charge on any atom is -0.495 e. The van der Waals surface area contributed by atoms with Crippen LogP contribution < -0.4 is 15.4 Å². The Balaban J connectivity index is 1.53. The van der Waals surface area contributed by atoms with Crippen LogP contribution in [0.1, 0.15) is 23.1 Å². The third-order valence-electron chi connectivity index (χ3n) is 4.58. The number of amides is 2. The van der Waals surface area contributed by atoms with E-state index in [0.717, 1.165) is 0 Å². The SMILES string of the molecule is CCn1c(CCNC(=O)c2ccccc2F)nnc1SCC(=O)Nc1ccccc1OC. The molecule has 3 rings (SSSR count). The van der Waals surface area contributed by atoms with Crippen molar-refractivity contribution >= 4 is 29.3 Å². The molecule has 168 valence electrons. The molecule has 32 heavy (non-hydrogen) atoms. The van der Waals surface area contributed by atoms with E-state index in [2.05, 4.69) is 20.8 Å². The highest BCUT2D eigenvalue weighted by Gasteiger charge is 2.15. The smallest absolute Gasteiger partial charge is 0.254 e. The van der Waals surface area contributed by atoms with Crippen LogP contribution in [0.3, 0.4) is 0 Å². The summed E-state index contributed by atoms with van der Waals surface area (Å²) in [6.45, 7) is 2.84. The maximum atomic E-state index is 13.7. The lowest BCUT2D eigenvalue weighted by Crippen LogP contribution is -2.27. The molecule has 3 aromatic rings. The molecule has 0 fully saturated rings. The number of anilines is 1. The lowest BCUT2D eigenvalue weighted by Gasteiger charge is -2.10. The van der Waals surface area contributed by atoms with E-state index in [1.54, 1.807) is 25.3 Å². The van der Waals surface area contributed by atoms with Gasteiger partial charge in [0.05, 0.1) is 24.1 Å². The van der Waals surface area contributed by atoms with Crippen molar-refractivity contribution in [1.82, 2.24) is 20.1 Å². The van der Waals surface area contributed by atoms with Crippen LogP contribution in [-0.4, -0.2) is 46.0 Å². The number of halogens is 1. The number of ether oxygens (including phenoxy) is 1. The van der Waals surface area contributed by atoms with Crippen molar-refractivity contribution in [3.63, 3.8) is 0 Å². The maximum Gasteiger partial charge on any atom is 0.254 e. The van der Waals surface area contributed by atoms with E-state index in [1.165, 1.54) is 30.0 Å². The van der Waals surface area contributed by atoms with E-state index in [4.69, 9.17) is 4.74 Å². The molecule has 0 spiro atoms. The van der Waals surface area contributed by atoms with Crippen LogP contribution in [0.15, 0.2) is 53.7 Å². The normalized spacial score (nSPS) is 10.6. The number of hydrogen-bond acceptors (Lipinski definition) is 6. The van der Waals surface area contributed by atoms with E-state index in [0.29, 0.717) is 35.4 Å². The summed E-state index contributed by atoms with van der Waals surface area (Å²) in [5, 5.41) is 14.5. The van der Waals surface area contributed by atoms with Crippen molar-refractivity contribution in [2.75, 3.05) is 24.7 Å². The number of nitrogens with zero attached hydrogens (tertiary/aromatic N) is 3. The first-order valence-corrected chi connectivity index (χ1v) is 11.0. The Kier molecular flexibility index (Phi) is 8.20. The quantitative estimate of drug-likeness (QED) is 0.454. The van der Waals surface area contributed by atoms with Gasteiger partial charge in [0.1, 0.15) is 17.4 Å². The van der Waals surface area contributed by atoms with Gasteiger partial charge in [0.2, 0.25) is 5.91 Å². The average molecular weight is 458 g/mol. The first-order valence-electron chi connectivity index (χ1n) is 10.0. The van der Waals surface area contributed by atoms with Gasteiger partial charge in [-0.25, -0.2) is 4.39 Å². The molecule has 0 saturated heterocycles. The summed E-state index contributed by atoms with van der Waals surface area (Å²) in [6, 6.07) is 13.0. The molecule has 0 radical (unpaired) electrons. The summed E-state index contributed by atoms with van der Waals surface area (Å²) < 4.78 is 20.8. The summed E-state index contributed by atoms with van der Waals surface area (Å²) in [4.78, 5) is 24.5. The van der Waals surface area contributed by atoms with Crippen molar-refractivity contribution in [2.24, 2.45) is 0 Å². The van der Waals surface area contributed by atoms with Crippen LogP contribution in [-0.2, 0) is 17.8 Å². The number of benzene rings is 2.